The molecular formula is C26H30N4O3. The van der Waals surface area contributed by atoms with E-state index in [1.807, 2.05) is 29.2 Å². The van der Waals surface area contributed by atoms with E-state index in [2.05, 4.69) is 28.5 Å². The molecule has 7 heteroatoms. The average molecular weight is 447 g/mol. The van der Waals surface area contributed by atoms with Gasteiger partial charge in [-0.3, -0.25) is 4.79 Å². The fourth-order valence-electron chi connectivity index (χ4n) is 4.78. The Morgan fingerprint density at radius 3 is 2.94 bits per heavy atom. The van der Waals surface area contributed by atoms with Crippen LogP contribution in [0.3, 0.4) is 0 Å². The lowest BCUT2D eigenvalue weighted by Gasteiger charge is -2.17. The summed E-state index contributed by atoms with van der Waals surface area (Å²) in [6, 6.07) is 10.5. The predicted octanol–water partition coefficient (Wildman–Crippen LogP) is 4.00. The zero-order valence-electron chi connectivity index (χ0n) is 18.8. The number of hydrogen-bond donors (Lipinski definition) is 2. The largest absolute Gasteiger partial charge is 0.493 e. The Hall–Kier alpha value is -3.35. The maximum absolute atomic E-state index is 11.5. The van der Waals surface area contributed by atoms with E-state index in [-0.39, 0.29) is 12.3 Å². The highest BCUT2D eigenvalue weighted by Crippen LogP contribution is 2.31. The lowest BCUT2D eigenvalue weighted by atomic mass is 9.94. The van der Waals surface area contributed by atoms with Crippen molar-refractivity contribution in [1.29, 1.82) is 0 Å². The molecule has 0 radical (unpaired) electrons. The minimum atomic E-state index is -0.797. The van der Waals surface area contributed by atoms with Crippen LogP contribution in [0, 0.1) is 0 Å². The van der Waals surface area contributed by atoms with Gasteiger partial charge in [0, 0.05) is 37.3 Å². The molecule has 0 amide bonds. The van der Waals surface area contributed by atoms with Crippen LogP contribution in [0.25, 0.3) is 0 Å². The fraction of sp³-hybridized carbons (Fsp3) is 0.423. The molecule has 2 aliphatic heterocycles. The van der Waals surface area contributed by atoms with Gasteiger partial charge < -0.3 is 19.7 Å². The van der Waals surface area contributed by atoms with Crippen molar-refractivity contribution in [3.8, 4) is 5.75 Å². The molecule has 4 heterocycles. The van der Waals surface area contributed by atoms with Crippen LogP contribution in [-0.4, -0.2) is 38.8 Å². The van der Waals surface area contributed by atoms with Gasteiger partial charge in [-0.2, -0.15) is 0 Å². The Balaban J connectivity index is 1.19. The van der Waals surface area contributed by atoms with Crippen LogP contribution in [0.2, 0.25) is 0 Å². The third-order valence-electron chi connectivity index (χ3n) is 6.55. The molecule has 172 valence electrons. The van der Waals surface area contributed by atoms with Crippen LogP contribution >= 0.6 is 0 Å². The first-order chi connectivity index (χ1) is 16.1. The number of rotatable bonds is 9. The first-order valence-electron chi connectivity index (χ1n) is 11.8. The summed E-state index contributed by atoms with van der Waals surface area (Å²) < 4.78 is 7.70. The summed E-state index contributed by atoms with van der Waals surface area (Å²) in [6.07, 6.45) is 9.89. The number of benzene rings is 1. The van der Waals surface area contributed by atoms with E-state index in [9.17, 15) is 9.90 Å². The number of imidazole rings is 1. The number of pyridine rings is 1. The molecule has 7 nitrogen and oxygen atoms in total. The fourth-order valence-corrected chi connectivity index (χ4v) is 4.78. The molecule has 5 rings (SSSR count). The minimum Gasteiger partial charge on any atom is -0.493 e. The zero-order valence-corrected chi connectivity index (χ0v) is 18.8. The van der Waals surface area contributed by atoms with Crippen molar-refractivity contribution in [2.45, 2.75) is 57.4 Å². The van der Waals surface area contributed by atoms with Gasteiger partial charge in [0.15, 0.2) is 0 Å². The van der Waals surface area contributed by atoms with Crippen molar-refractivity contribution in [2.24, 2.45) is 0 Å². The summed E-state index contributed by atoms with van der Waals surface area (Å²) in [5.41, 5.74) is 5.65. The number of carboxylic acids is 1. The van der Waals surface area contributed by atoms with Gasteiger partial charge in [0.05, 0.1) is 25.0 Å². The minimum absolute atomic E-state index is 0.0737. The van der Waals surface area contributed by atoms with Crippen LogP contribution in [-0.2, 0) is 37.0 Å². The van der Waals surface area contributed by atoms with Gasteiger partial charge in [0.25, 0.3) is 0 Å². The monoisotopic (exact) mass is 446 g/mol. The third-order valence-corrected chi connectivity index (χ3v) is 6.55. The summed E-state index contributed by atoms with van der Waals surface area (Å²) in [4.78, 5) is 20.8. The van der Waals surface area contributed by atoms with Crippen molar-refractivity contribution in [3.63, 3.8) is 0 Å². The molecule has 0 saturated carbocycles. The Morgan fingerprint density at radius 2 is 2.03 bits per heavy atom. The van der Waals surface area contributed by atoms with E-state index in [0.29, 0.717) is 13.2 Å². The molecule has 0 bridgehead atoms. The summed E-state index contributed by atoms with van der Waals surface area (Å²) >= 11 is 0. The number of aromatic nitrogens is 3. The van der Waals surface area contributed by atoms with Crippen LogP contribution < -0.4 is 10.1 Å². The number of carbonyl (C=O) groups is 1. The second-order valence-electron chi connectivity index (χ2n) is 9.02. The van der Waals surface area contributed by atoms with Gasteiger partial charge in [-0.05, 0) is 60.9 Å². The average Bonchev–Trinajstić information content (AvgIpc) is 3.47. The zero-order chi connectivity index (χ0) is 22.6. The molecular weight excluding hydrogens is 416 g/mol. The quantitative estimate of drug-likeness (QED) is 0.516. The molecule has 0 aliphatic carbocycles. The van der Waals surface area contributed by atoms with Gasteiger partial charge in [0.1, 0.15) is 11.6 Å². The number of anilines is 1. The number of carboxylic acid groups (broad SMARTS) is 1. The SMILES string of the molecule is O=C(O)CC(Cn1cnc(CCCc2ccc3c(n2)NCCC3)c1)c1ccc2c(c1)OCC2. The van der Waals surface area contributed by atoms with E-state index in [1.54, 1.807) is 0 Å². The molecule has 0 spiro atoms. The number of hydrogen-bond acceptors (Lipinski definition) is 5. The summed E-state index contributed by atoms with van der Waals surface area (Å²) in [5.74, 6) is 1.00. The van der Waals surface area contributed by atoms with E-state index >= 15 is 0 Å². The Bertz CT molecular complexity index is 1140. The molecule has 0 saturated heterocycles. The highest BCUT2D eigenvalue weighted by molar-refractivity contribution is 5.68. The molecule has 1 atom stereocenters. The Labute approximate surface area is 193 Å². The van der Waals surface area contributed by atoms with Crippen LogP contribution in [0.15, 0.2) is 42.9 Å². The molecule has 2 N–H and O–H groups in total. The van der Waals surface area contributed by atoms with Gasteiger partial charge in [-0.1, -0.05) is 18.2 Å². The number of fused-ring (bicyclic) bond motifs is 2. The highest BCUT2D eigenvalue weighted by atomic mass is 16.5. The summed E-state index contributed by atoms with van der Waals surface area (Å²) in [5, 5.41) is 12.9. The van der Waals surface area contributed by atoms with Crippen molar-refractivity contribution in [1.82, 2.24) is 14.5 Å². The molecule has 1 unspecified atom stereocenters. The normalized spacial score (nSPS) is 15.3. The second kappa shape index (κ2) is 9.65. The predicted molar refractivity (Wildman–Crippen MR) is 126 cm³/mol. The van der Waals surface area contributed by atoms with E-state index in [4.69, 9.17) is 9.72 Å². The molecule has 3 aromatic rings. The molecule has 33 heavy (non-hydrogen) atoms. The van der Waals surface area contributed by atoms with Crippen molar-refractivity contribution in [2.75, 3.05) is 18.5 Å². The Morgan fingerprint density at radius 1 is 1.15 bits per heavy atom. The highest BCUT2D eigenvalue weighted by Gasteiger charge is 2.20. The van der Waals surface area contributed by atoms with Gasteiger partial charge in [-0.15, -0.1) is 0 Å². The van der Waals surface area contributed by atoms with Crippen LogP contribution in [0.1, 0.15) is 53.3 Å². The lowest BCUT2D eigenvalue weighted by molar-refractivity contribution is -0.137. The van der Waals surface area contributed by atoms with E-state index in [1.165, 1.54) is 17.5 Å². The maximum Gasteiger partial charge on any atom is 0.304 e. The first kappa shape index (κ1) is 21.5. The molecule has 2 aromatic heterocycles. The van der Waals surface area contributed by atoms with Gasteiger partial charge in [0.2, 0.25) is 0 Å². The standard InChI is InChI=1S/C26H30N4O3/c31-25(32)14-21(20-7-6-18-10-12-33-24(18)13-20)15-30-16-23(28-17-30)5-1-4-22-9-8-19-3-2-11-27-26(19)29-22/h6-9,13,16-17,21H,1-5,10-12,14-15H2,(H,27,29)(H,31,32). The first-order valence-corrected chi connectivity index (χ1v) is 11.8. The maximum atomic E-state index is 11.5. The number of ether oxygens (including phenoxy) is 1. The smallest absolute Gasteiger partial charge is 0.304 e. The second-order valence-corrected chi connectivity index (χ2v) is 9.02. The van der Waals surface area contributed by atoms with E-state index < -0.39 is 5.97 Å². The van der Waals surface area contributed by atoms with Crippen molar-refractivity contribution in [3.05, 3.63) is 70.9 Å². The van der Waals surface area contributed by atoms with Gasteiger partial charge >= 0.3 is 5.97 Å². The lowest BCUT2D eigenvalue weighted by Crippen LogP contribution is -2.14. The van der Waals surface area contributed by atoms with Crippen molar-refractivity contribution < 1.29 is 14.6 Å². The number of aliphatic carboxylic acids is 1. The summed E-state index contributed by atoms with van der Waals surface area (Å²) in [7, 11) is 0. The van der Waals surface area contributed by atoms with E-state index in [0.717, 1.165) is 67.2 Å². The Kier molecular flexibility index (Phi) is 6.28. The third kappa shape index (κ3) is 5.18. The topological polar surface area (TPSA) is 89.3 Å². The number of nitrogens with zero attached hydrogens (tertiary/aromatic N) is 3. The molecule has 2 aliphatic rings. The molecule has 0 fully saturated rings. The van der Waals surface area contributed by atoms with Crippen LogP contribution in [0.5, 0.6) is 5.75 Å². The molecule has 1 aromatic carbocycles. The van der Waals surface area contributed by atoms with Crippen LogP contribution in [0.4, 0.5) is 5.82 Å². The van der Waals surface area contributed by atoms with Crippen molar-refractivity contribution >= 4 is 11.8 Å². The van der Waals surface area contributed by atoms with Gasteiger partial charge in [-0.25, -0.2) is 9.97 Å². The number of aryl methyl sites for hydroxylation is 3. The number of nitrogens with one attached hydrogen (secondary N) is 1. The summed E-state index contributed by atoms with van der Waals surface area (Å²) in [6.45, 7) is 2.28.